The van der Waals surface area contributed by atoms with Crippen LogP contribution < -0.4 is 15.0 Å². The van der Waals surface area contributed by atoms with Crippen LogP contribution in [0.3, 0.4) is 0 Å². The van der Waals surface area contributed by atoms with Gasteiger partial charge < -0.3 is 14.5 Å². The second-order valence-corrected chi connectivity index (χ2v) is 6.03. The standard InChI is InChI=1S/C22H20N2O3/c1-4-14-5-7-15(8-6-14)19-12-17(18(13-23)22(25)24-19)16-9-10-20(26-2)21(11-16)27-3/h5-12H,4H2,1-3H3,(H,24,25). The van der Waals surface area contributed by atoms with E-state index in [1.165, 1.54) is 5.56 Å². The van der Waals surface area contributed by atoms with E-state index in [0.29, 0.717) is 28.3 Å². The van der Waals surface area contributed by atoms with E-state index < -0.39 is 5.56 Å². The zero-order valence-electron chi connectivity index (χ0n) is 15.5. The molecular formula is C22H20N2O3. The minimum absolute atomic E-state index is 0.0659. The predicted octanol–water partition coefficient (Wildman–Crippen LogP) is 4.16. The van der Waals surface area contributed by atoms with Crippen molar-refractivity contribution in [3.05, 3.63) is 70.0 Å². The summed E-state index contributed by atoms with van der Waals surface area (Å²) in [6.07, 6.45) is 0.945. The molecule has 0 spiro atoms. The summed E-state index contributed by atoms with van der Waals surface area (Å²) in [7, 11) is 3.11. The summed E-state index contributed by atoms with van der Waals surface area (Å²) in [4.78, 5) is 15.3. The Morgan fingerprint density at radius 3 is 2.22 bits per heavy atom. The van der Waals surface area contributed by atoms with Gasteiger partial charge in [0.15, 0.2) is 11.5 Å². The predicted molar refractivity (Wildman–Crippen MR) is 105 cm³/mol. The van der Waals surface area contributed by atoms with Gasteiger partial charge in [0.1, 0.15) is 11.6 Å². The van der Waals surface area contributed by atoms with E-state index in [0.717, 1.165) is 12.0 Å². The van der Waals surface area contributed by atoms with Gasteiger partial charge in [-0.25, -0.2) is 0 Å². The second-order valence-electron chi connectivity index (χ2n) is 6.03. The first kappa shape index (κ1) is 18.3. The molecule has 2 aromatic carbocycles. The summed E-state index contributed by atoms with van der Waals surface area (Å²) < 4.78 is 10.6. The Bertz CT molecular complexity index is 1060. The fraction of sp³-hybridized carbons (Fsp3) is 0.182. The number of nitrogens with zero attached hydrogens (tertiary/aromatic N) is 1. The molecule has 5 nitrogen and oxygen atoms in total. The average Bonchev–Trinajstić information content (AvgIpc) is 2.72. The molecule has 0 saturated heterocycles. The van der Waals surface area contributed by atoms with E-state index in [4.69, 9.17) is 9.47 Å². The number of aromatic nitrogens is 1. The van der Waals surface area contributed by atoms with Crippen molar-refractivity contribution in [1.82, 2.24) is 4.98 Å². The van der Waals surface area contributed by atoms with Crippen LogP contribution in [0.1, 0.15) is 18.1 Å². The number of nitrogens with one attached hydrogen (secondary N) is 1. The van der Waals surface area contributed by atoms with Crippen LogP contribution in [0.5, 0.6) is 11.5 Å². The minimum Gasteiger partial charge on any atom is -0.493 e. The molecule has 0 radical (unpaired) electrons. The lowest BCUT2D eigenvalue weighted by Crippen LogP contribution is -2.12. The van der Waals surface area contributed by atoms with Crippen molar-refractivity contribution in [2.75, 3.05) is 14.2 Å². The highest BCUT2D eigenvalue weighted by Crippen LogP contribution is 2.34. The van der Waals surface area contributed by atoms with E-state index in [9.17, 15) is 10.1 Å². The number of pyridine rings is 1. The fourth-order valence-electron chi connectivity index (χ4n) is 2.98. The van der Waals surface area contributed by atoms with Gasteiger partial charge in [0.2, 0.25) is 0 Å². The highest BCUT2D eigenvalue weighted by atomic mass is 16.5. The van der Waals surface area contributed by atoms with Crippen LogP contribution in [0.15, 0.2) is 53.3 Å². The molecule has 3 aromatic rings. The van der Waals surface area contributed by atoms with Gasteiger partial charge in [0.25, 0.3) is 5.56 Å². The molecule has 1 aromatic heterocycles. The molecule has 0 fully saturated rings. The van der Waals surface area contributed by atoms with Crippen molar-refractivity contribution in [3.8, 4) is 40.0 Å². The van der Waals surface area contributed by atoms with Crippen molar-refractivity contribution in [2.24, 2.45) is 0 Å². The summed E-state index contributed by atoms with van der Waals surface area (Å²) in [5.41, 5.74) is 3.67. The Hall–Kier alpha value is -3.52. The van der Waals surface area contributed by atoms with Gasteiger partial charge in [-0.15, -0.1) is 0 Å². The number of benzene rings is 2. The zero-order valence-corrected chi connectivity index (χ0v) is 15.5. The first-order valence-corrected chi connectivity index (χ1v) is 8.60. The number of hydrogen-bond donors (Lipinski definition) is 1. The molecule has 1 N–H and O–H groups in total. The number of aryl methyl sites for hydroxylation is 1. The zero-order chi connectivity index (χ0) is 19.4. The summed E-state index contributed by atoms with van der Waals surface area (Å²) in [6, 6.07) is 17.1. The molecule has 0 unspecified atom stereocenters. The topological polar surface area (TPSA) is 75.1 Å². The Balaban J connectivity index is 2.18. The van der Waals surface area contributed by atoms with Crippen LogP contribution in [0.2, 0.25) is 0 Å². The summed E-state index contributed by atoms with van der Waals surface area (Å²) >= 11 is 0. The number of nitriles is 1. The monoisotopic (exact) mass is 360 g/mol. The average molecular weight is 360 g/mol. The van der Waals surface area contributed by atoms with E-state index >= 15 is 0 Å². The highest BCUT2D eigenvalue weighted by Gasteiger charge is 2.14. The first-order valence-electron chi connectivity index (χ1n) is 8.60. The van der Waals surface area contributed by atoms with Gasteiger partial charge in [-0.3, -0.25) is 4.79 Å². The molecule has 0 amide bonds. The fourth-order valence-corrected chi connectivity index (χ4v) is 2.98. The number of H-pyrrole nitrogens is 1. The summed E-state index contributed by atoms with van der Waals surface area (Å²) in [5, 5.41) is 9.49. The van der Waals surface area contributed by atoms with Gasteiger partial charge in [0, 0.05) is 11.3 Å². The van der Waals surface area contributed by atoms with Gasteiger partial charge in [-0.05, 0) is 41.3 Å². The van der Waals surface area contributed by atoms with E-state index in [1.807, 2.05) is 36.4 Å². The van der Waals surface area contributed by atoms with Crippen LogP contribution in [0.4, 0.5) is 0 Å². The molecule has 0 aliphatic carbocycles. The van der Waals surface area contributed by atoms with E-state index in [1.54, 1.807) is 32.4 Å². The lowest BCUT2D eigenvalue weighted by molar-refractivity contribution is 0.355. The molecule has 0 aliphatic rings. The van der Waals surface area contributed by atoms with E-state index in [-0.39, 0.29) is 5.56 Å². The molecular weight excluding hydrogens is 340 g/mol. The second kappa shape index (κ2) is 7.79. The van der Waals surface area contributed by atoms with Crippen molar-refractivity contribution in [2.45, 2.75) is 13.3 Å². The minimum atomic E-state index is -0.417. The summed E-state index contributed by atoms with van der Waals surface area (Å²) in [6.45, 7) is 2.09. The quantitative estimate of drug-likeness (QED) is 0.741. The van der Waals surface area contributed by atoms with Crippen molar-refractivity contribution in [3.63, 3.8) is 0 Å². The molecule has 0 atom stereocenters. The van der Waals surface area contributed by atoms with Crippen molar-refractivity contribution < 1.29 is 9.47 Å². The maximum absolute atomic E-state index is 12.5. The van der Waals surface area contributed by atoms with Gasteiger partial charge in [0.05, 0.1) is 14.2 Å². The molecule has 0 saturated carbocycles. The Kier molecular flexibility index (Phi) is 5.28. The van der Waals surface area contributed by atoms with Gasteiger partial charge in [-0.1, -0.05) is 37.3 Å². The lowest BCUT2D eigenvalue weighted by Gasteiger charge is -2.12. The number of hydrogen-bond acceptors (Lipinski definition) is 4. The molecule has 0 aliphatic heterocycles. The third-order valence-corrected chi connectivity index (χ3v) is 4.51. The third-order valence-electron chi connectivity index (χ3n) is 4.51. The maximum atomic E-state index is 12.5. The van der Waals surface area contributed by atoms with E-state index in [2.05, 4.69) is 11.9 Å². The molecule has 1 heterocycles. The molecule has 3 rings (SSSR count). The molecule has 5 heteroatoms. The van der Waals surface area contributed by atoms with Crippen LogP contribution in [0, 0.1) is 11.3 Å². The van der Waals surface area contributed by atoms with Crippen LogP contribution in [-0.4, -0.2) is 19.2 Å². The van der Waals surface area contributed by atoms with Crippen molar-refractivity contribution in [1.29, 1.82) is 5.26 Å². The highest BCUT2D eigenvalue weighted by molar-refractivity contribution is 5.76. The van der Waals surface area contributed by atoms with Crippen LogP contribution in [-0.2, 0) is 6.42 Å². The Morgan fingerprint density at radius 1 is 0.963 bits per heavy atom. The molecule has 27 heavy (non-hydrogen) atoms. The third kappa shape index (κ3) is 3.56. The number of methoxy groups -OCH3 is 2. The smallest absolute Gasteiger partial charge is 0.266 e. The van der Waals surface area contributed by atoms with Crippen LogP contribution in [0.25, 0.3) is 22.4 Å². The molecule has 136 valence electrons. The van der Waals surface area contributed by atoms with Crippen molar-refractivity contribution >= 4 is 0 Å². The Morgan fingerprint density at radius 2 is 1.63 bits per heavy atom. The first-order chi connectivity index (χ1) is 13.1. The largest absolute Gasteiger partial charge is 0.493 e. The maximum Gasteiger partial charge on any atom is 0.266 e. The van der Waals surface area contributed by atoms with Gasteiger partial charge >= 0.3 is 0 Å². The number of rotatable bonds is 5. The van der Waals surface area contributed by atoms with Crippen LogP contribution >= 0.6 is 0 Å². The lowest BCUT2D eigenvalue weighted by atomic mass is 9.98. The molecule has 0 bridgehead atoms. The van der Waals surface area contributed by atoms with Gasteiger partial charge in [-0.2, -0.15) is 5.26 Å². The normalized spacial score (nSPS) is 10.3. The SMILES string of the molecule is CCc1ccc(-c2cc(-c3ccc(OC)c(OC)c3)c(C#N)c(=O)[nH]2)cc1. The summed E-state index contributed by atoms with van der Waals surface area (Å²) in [5.74, 6) is 1.12. The number of aromatic amines is 1. The number of ether oxygens (including phenoxy) is 2. The Labute approximate surface area is 157 Å².